The van der Waals surface area contributed by atoms with E-state index in [9.17, 15) is 18.0 Å². The maximum absolute atomic E-state index is 13.2. The highest BCUT2D eigenvalue weighted by Crippen LogP contribution is 2.37. The van der Waals surface area contributed by atoms with Crippen LogP contribution in [-0.4, -0.2) is 20.0 Å². The van der Waals surface area contributed by atoms with Crippen molar-refractivity contribution in [2.45, 2.75) is 19.0 Å². The van der Waals surface area contributed by atoms with Crippen molar-refractivity contribution in [3.8, 4) is 11.5 Å². The Morgan fingerprint density at radius 2 is 1.77 bits per heavy atom. The van der Waals surface area contributed by atoms with Gasteiger partial charge in [0.1, 0.15) is 11.5 Å². The maximum atomic E-state index is 13.2. The molecule has 0 heterocycles. The molecule has 0 saturated heterocycles. The second-order valence-electron chi connectivity index (χ2n) is 5.98. The van der Waals surface area contributed by atoms with Crippen LogP contribution in [0, 0.1) is 0 Å². The molecule has 6 heteroatoms. The molecule has 0 unspecified atom stereocenters. The van der Waals surface area contributed by atoms with E-state index in [1.54, 1.807) is 12.1 Å². The van der Waals surface area contributed by atoms with Crippen LogP contribution in [0.2, 0.25) is 0 Å². The zero-order chi connectivity index (χ0) is 18.9. The van der Waals surface area contributed by atoms with Crippen molar-refractivity contribution < 1.29 is 27.4 Å². The number of allylic oxidation sites excluding steroid dienone is 1. The minimum absolute atomic E-state index is 0.186. The number of halogens is 3. The van der Waals surface area contributed by atoms with Crippen molar-refractivity contribution in [2.75, 3.05) is 14.2 Å². The van der Waals surface area contributed by atoms with Crippen molar-refractivity contribution in [1.29, 1.82) is 0 Å². The Morgan fingerprint density at radius 3 is 2.42 bits per heavy atom. The molecule has 3 nitrogen and oxygen atoms in total. The third-order valence-electron chi connectivity index (χ3n) is 4.39. The molecular weight excluding hydrogens is 345 g/mol. The molecule has 0 N–H and O–H groups in total. The van der Waals surface area contributed by atoms with E-state index in [0.29, 0.717) is 35.3 Å². The van der Waals surface area contributed by atoms with Crippen LogP contribution in [0.5, 0.6) is 11.5 Å². The Morgan fingerprint density at radius 1 is 1.00 bits per heavy atom. The fourth-order valence-corrected chi connectivity index (χ4v) is 3.04. The molecule has 1 aliphatic rings. The number of hydrogen-bond donors (Lipinski definition) is 0. The SMILES string of the molecule is COc1ccc2c(c1)C(=O)/C(=C/c1ccc(OC)c(C(F)(F)F)c1)CC2. The number of methoxy groups -OCH3 is 2. The fourth-order valence-electron chi connectivity index (χ4n) is 3.04. The van der Waals surface area contributed by atoms with Gasteiger partial charge in [0, 0.05) is 11.1 Å². The van der Waals surface area contributed by atoms with Crippen LogP contribution in [0.15, 0.2) is 42.0 Å². The summed E-state index contributed by atoms with van der Waals surface area (Å²) in [7, 11) is 2.71. The summed E-state index contributed by atoms with van der Waals surface area (Å²) < 4.78 is 49.4. The quantitative estimate of drug-likeness (QED) is 0.726. The number of ether oxygens (including phenoxy) is 2. The number of benzene rings is 2. The molecule has 0 bridgehead atoms. The number of fused-ring (bicyclic) bond motifs is 1. The maximum Gasteiger partial charge on any atom is 0.419 e. The van der Waals surface area contributed by atoms with Crippen LogP contribution in [0.1, 0.15) is 33.5 Å². The fraction of sp³-hybridized carbons (Fsp3) is 0.250. The van der Waals surface area contributed by atoms with Crippen LogP contribution in [0.25, 0.3) is 6.08 Å². The highest BCUT2D eigenvalue weighted by Gasteiger charge is 2.34. The first-order valence-electron chi connectivity index (χ1n) is 8.01. The van der Waals surface area contributed by atoms with E-state index in [-0.39, 0.29) is 11.5 Å². The molecule has 136 valence electrons. The topological polar surface area (TPSA) is 35.5 Å². The van der Waals surface area contributed by atoms with Crippen molar-refractivity contribution in [2.24, 2.45) is 0 Å². The minimum atomic E-state index is -4.53. The largest absolute Gasteiger partial charge is 0.497 e. The predicted octanol–water partition coefficient (Wildman–Crippen LogP) is 4.94. The Labute approximate surface area is 149 Å². The third kappa shape index (κ3) is 3.45. The first kappa shape index (κ1) is 18.0. The predicted molar refractivity (Wildman–Crippen MR) is 91.6 cm³/mol. The summed E-state index contributed by atoms with van der Waals surface area (Å²) >= 11 is 0. The average Bonchev–Trinajstić information content (AvgIpc) is 2.63. The Balaban J connectivity index is 1.99. The monoisotopic (exact) mass is 362 g/mol. The van der Waals surface area contributed by atoms with E-state index in [0.717, 1.165) is 11.6 Å². The summed E-state index contributed by atoms with van der Waals surface area (Å²) in [6.07, 6.45) is -1.89. The molecule has 0 aliphatic heterocycles. The summed E-state index contributed by atoms with van der Waals surface area (Å²) in [5.74, 6) is 0.140. The highest BCUT2D eigenvalue weighted by atomic mass is 19.4. The molecule has 1 aliphatic carbocycles. The average molecular weight is 362 g/mol. The molecule has 0 saturated carbocycles. The van der Waals surface area contributed by atoms with E-state index in [2.05, 4.69) is 0 Å². The van der Waals surface area contributed by atoms with Crippen LogP contribution in [-0.2, 0) is 12.6 Å². The van der Waals surface area contributed by atoms with E-state index < -0.39 is 11.7 Å². The van der Waals surface area contributed by atoms with Gasteiger partial charge in [-0.15, -0.1) is 0 Å². The first-order chi connectivity index (χ1) is 12.3. The van der Waals surface area contributed by atoms with Crippen LogP contribution in [0.3, 0.4) is 0 Å². The van der Waals surface area contributed by atoms with Crippen molar-refractivity contribution in [1.82, 2.24) is 0 Å². The third-order valence-corrected chi connectivity index (χ3v) is 4.39. The molecule has 3 rings (SSSR count). The molecule has 2 aromatic carbocycles. The van der Waals surface area contributed by atoms with E-state index in [1.807, 2.05) is 6.07 Å². The molecule has 0 spiro atoms. The Hall–Kier alpha value is -2.76. The van der Waals surface area contributed by atoms with Gasteiger partial charge in [0.2, 0.25) is 0 Å². The molecule has 0 radical (unpaired) electrons. The molecule has 0 fully saturated rings. The Kier molecular flexibility index (Phi) is 4.76. The van der Waals surface area contributed by atoms with Gasteiger partial charge >= 0.3 is 6.18 Å². The summed E-state index contributed by atoms with van der Waals surface area (Å²) in [5, 5.41) is 0. The lowest BCUT2D eigenvalue weighted by molar-refractivity contribution is -0.138. The number of rotatable bonds is 3. The molecular formula is C20H17F3O3. The van der Waals surface area contributed by atoms with Gasteiger partial charge in [0.25, 0.3) is 0 Å². The lowest BCUT2D eigenvalue weighted by Crippen LogP contribution is -2.14. The number of carbonyl (C=O) groups is 1. The number of aryl methyl sites for hydroxylation is 1. The number of ketones is 1. The van der Waals surface area contributed by atoms with Gasteiger partial charge in [-0.3, -0.25) is 4.79 Å². The van der Waals surface area contributed by atoms with Gasteiger partial charge in [0.05, 0.1) is 19.8 Å². The lowest BCUT2D eigenvalue weighted by atomic mass is 9.86. The van der Waals surface area contributed by atoms with Crippen LogP contribution < -0.4 is 9.47 Å². The molecule has 26 heavy (non-hydrogen) atoms. The van der Waals surface area contributed by atoms with Gasteiger partial charge < -0.3 is 9.47 Å². The summed E-state index contributed by atoms with van der Waals surface area (Å²) in [6.45, 7) is 0. The second-order valence-corrected chi connectivity index (χ2v) is 5.98. The smallest absolute Gasteiger partial charge is 0.419 e. The number of hydrogen-bond acceptors (Lipinski definition) is 3. The number of alkyl halides is 3. The zero-order valence-corrected chi connectivity index (χ0v) is 14.3. The Bertz CT molecular complexity index is 882. The second kappa shape index (κ2) is 6.86. The highest BCUT2D eigenvalue weighted by molar-refractivity contribution is 6.13. The van der Waals surface area contributed by atoms with Gasteiger partial charge in [-0.2, -0.15) is 13.2 Å². The summed E-state index contributed by atoms with van der Waals surface area (Å²) in [4.78, 5) is 12.7. The minimum Gasteiger partial charge on any atom is -0.497 e. The molecule has 0 atom stereocenters. The molecule has 0 aromatic heterocycles. The van der Waals surface area contributed by atoms with E-state index in [4.69, 9.17) is 9.47 Å². The van der Waals surface area contributed by atoms with Crippen molar-refractivity contribution >= 4 is 11.9 Å². The number of Topliss-reactive ketones (excluding diaryl/α,β-unsaturated/α-hetero) is 1. The van der Waals surface area contributed by atoms with Gasteiger partial charge in [0.15, 0.2) is 5.78 Å². The first-order valence-corrected chi connectivity index (χ1v) is 8.01. The van der Waals surface area contributed by atoms with Gasteiger partial charge in [-0.05, 0) is 54.3 Å². The van der Waals surface area contributed by atoms with Gasteiger partial charge in [-0.1, -0.05) is 12.1 Å². The lowest BCUT2D eigenvalue weighted by Gasteiger charge is -2.18. The van der Waals surface area contributed by atoms with Crippen LogP contribution in [0.4, 0.5) is 13.2 Å². The zero-order valence-electron chi connectivity index (χ0n) is 14.3. The van der Waals surface area contributed by atoms with E-state index in [1.165, 1.54) is 32.4 Å². The molecule has 0 amide bonds. The number of carbonyl (C=O) groups excluding carboxylic acids is 1. The van der Waals surface area contributed by atoms with Crippen molar-refractivity contribution in [3.05, 3.63) is 64.2 Å². The summed E-state index contributed by atoms with van der Waals surface area (Å²) in [6, 6.07) is 9.08. The normalized spacial score (nSPS) is 15.7. The van der Waals surface area contributed by atoms with E-state index >= 15 is 0 Å². The molecule has 2 aromatic rings. The van der Waals surface area contributed by atoms with Crippen LogP contribution >= 0.6 is 0 Å². The van der Waals surface area contributed by atoms with Crippen molar-refractivity contribution in [3.63, 3.8) is 0 Å². The van der Waals surface area contributed by atoms with Gasteiger partial charge in [-0.25, -0.2) is 0 Å². The summed E-state index contributed by atoms with van der Waals surface area (Å²) in [5.41, 5.74) is 1.38. The standard InChI is InChI=1S/C20H17F3O3/c1-25-15-7-6-13-4-5-14(19(24)16(13)11-15)9-12-3-8-18(26-2)17(10-12)20(21,22)23/h3,6-11H,4-5H2,1-2H3/b14-9+.